The quantitative estimate of drug-likeness (QED) is 0.387. The summed E-state index contributed by atoms with van der Waals surface area (Å²) < 4.78 is 19.9. The third-order valence-corrected chi connectivity index (χ3v) is 5.21. The lowest BCUT2D eigenvalue weighted by atomic mass is 9.94. The van der Waals surface area contributed by atoms with Crippen molar-refractivity contribution in [1.82, 2.24) is 9.88 Å². The van der Waals surface area contributed by atoms with Crippen molar-refractivity contribution in [3.8, 4) is 5.75 Å². The van der Waals surface area contributed by atoms with Crippen molar-refractivity contribution in [2.24, 2.45) is 0 Å². The van der Waals surface area contributed by atoms with E-state index >= 15 is 0 Å². The summed E-state index contributed by atoms with van der Waals surface area (Å²) in [6.45, 7) is 0.0610. The molecule has 2 aromatic carbocycles. The summed E-state index contributed by atoms with van der Waals surface area (Å²) in [6.07, 6.45) is 3.14. The number of rotatable bonds is 5. The predicted molar refractivity (Wildman–Crippen MR) is 111 cm³/mol. The fourth-order valence-electron chi connectivity index (χ4n) is 3.65. The van der Waals surface area contributed by atoms with Crippen LogP contribution in [0.25, 0.3) is 5.76 Å². The maximum Gasteiger partial charge on any atom is 0.295 e. The molecule has 2 heterocycles. The number of amides is 1. The first-order valence-electron chi connectivity index (χ1n) is 9.57. The molecule has 31 heavy (non-hydrogen) atoms. The Hall–Kier alpha value is -4.00. The highest BCUT2D eigenvalue weighted by Gasteiger charge is 2.46. The Kier molecular flexibility index (Phi) is 5.49. The van der Waals surface area contributed by atoms with Gasteiger partial charge in [0.25, 0.3) is 11.7 Å². The number of carbonyl (C=O) groups excluding carboxylic acids is 2. The number of hydrogen-bond acceptors (Lipinski definition) is 5. The van der Waals surface area contributed by atoms with Gasteiger partial charge in [-0.25, -0.2) is 4.39 Å². The summed E-state index contributed by atoms with van der Waals surface area (Å²) in [5.74, 6) is -2.04. The Balaban J connectivity index is 1.86. The second-order valence-electron chi connectivity index (χ2n) is 7.03. The van der Waals surface area contributed by atoms with Crippen molar-refractivity contribution >= 4 is 17.4 Å². The molecule has 6 nitrogen and oxygen atoms in total. The molecular weight excluding hydrogens is 399 g/mol. The monoisotopic (exact) mass is 418 g/mol. The lowest BCUT2D eigenvalue weighted by Crippen LogP contribution is -2.29. The van der Waals surface area contributed by atoms with Crippen molar-refractivity contribution in [3.05, 3.63) is 101 Å². The molecule has 1 unspecified atom stereocenters. The number of ketones is 1. The molecule has 4 rings (SSSR count). The molecule has 1 fully saturated rings. The molecule has 0 radical (unpaired) electrons. The number of pyridine rings is 1. The van der Waals surface area contributed by atoms with Crippen LogP contribution in [0, 0.1) is 5.82 Å². The van der Waals surface area contributed by atoms with E-state index in [9.17, 15) is 19.1 Å². The molecule has 7 heteroatoms. The standard InChI is InChI=1S/C24H19FN2O4/c1-31-17-8-6-16(7-9-17)22(28)20-21(18-4-2-3-5-19(18)25)27(24(30)23(20)29)14-15-10-12-26-13-11-15/h2-13,21,28H,14H2,1H3/b22-20+. The Morgan fingerprint density at radius 2 is 1.74 bits per heavy atom. The van der Waals surface area contributed by atoms with Gasteiger partial charge in [-0.05, 0) is 48.0 Å². The van der Waals surface area contributed by atoms with Crippen LogP contribution >= 0.6 is 0 Å². The number of hydrogen-bond donors (Lipinski definition) is 1. The molecule has 1 aromatic heterocycles. The van der Waals surface area contributed by atoms with Crippen LogP contribution in [0.3, 0.4) is 0 Å². The number of aliphatic hydroxyl groups is 1. The van der Waals surface area contributed by atoms with Gasteiger partial charge in [-0.1, -0.05) is 18.2 Å². The molecule has 1 saturated heterocycles. The number of aromatic nitrogens is 1. The first-order valence-corrected chi connectivity index (χ1v) is 9.57. The number of halogens is 1. The molecule has 1 amide bonds. The van der Waals surface area contributed by atoms with E-state index in [0.717, 1.165) is 5.56 Å². The highest BCUT2D eigenvalue weighted by molar-refractivity contribution is 6.46. The van der Waals surface area contributed by atoms with Gasteiger partial charge in [0.05, 0.1) is 18.7 Å². The Bertz CT molecular complexity index is 1160. The maximum atomic E-state index is 14.8. The summed E-state index contributed by atoms with van der Waals surface area (Å²) in [5.41, 5.74) is 1.02. The van der Waals surface area contributed by atoms with E-state index in [0.29, 0.717) is 11.3 Å². The highest BCUT2D eigenvalue weighted by Crippen LogP contribution is 2.41. The van der Waals surface area contributed by atoms with Gasteiger partial charge in [-0.3, -0.25) is 14.6 Å². The molecule has 0 aliphatic carbocycles. The van der Waals surface area contributed by atoms with Gasteiger partial charge in [0.2, 0.25) is 0 Å². The SMILES string of the molecule is COc1ccc(/C(O)=C2\C(=O)C(=O)N(Cc3ccncc3)C2c2ccccc2F)cc1. The van der Waals surface area contributed by atoms with Gasteiger partial charge in [-0.2, -0.15) is 0 Å². The zero-order chi connectivity index (χ0) is 22.0. The summed E-state index contributed by atoms with van der Waals surface area (Å²) in [7, 11) is 1.51. The Labute approximate surface area is 178 Å². The van der Waals surface area contributed by atoms with E-state index in [1.807, 2.05) is 0 Å². The van der Waals surface area contributed by atoms with Crippen LogP contribution in [0.2, 0.25) is 0 Å². The molecule has 1 aliphatic heterocycles. The second kappa shape index (κ2) is 8.39. The zero-order valence-electron chi connectivity index (χ0n) is 16.7. The third kappa shape index (κ3) is 3.77. The average molecular weight is 418 g/mol. The molecule has 3 aromatic rings. The van der Waals surface area contributed by atoms with Crippen LogP contribution in [-0.4, -0.2) is 33.8 Å². The largest absolute Gasteiger partial charge is 0.507 e. The number of ether oxygens (including phenoxy) is 1. The Morgan fingerprint density at radius 3 is 2.39 bits per heavy atom. The van der Waals surface area contributed by atoms with Crippen LogP contribution in [-0.2, 0) is 16.1 Å². The third-order valence-electron chi connectivity index (χ3n) is 5.21. The van der Waals surface area contributed by atoms with Crippen molar-refractivity contribution < 1.29 is 23.8 Å². The summed E-state index contributed by atoms with van der Waals surface area (Å²) in [6, 6.07) is 14.7. The topological polar surface area (TPSA) is 79.7 Å². The minimum Gasteiger partial charge on any atom is -0.507 e. The van der Waals surface area contributed by atoms with Crippen LogP contribution < -0.4 is 4.74 Å². The average Bonchev–Trinajstić information content (AvgIpc) is 3.04. The number of Topliss-reactive ketones (excluding diaryl/α,β-unsaturated/α-hetero) is 1. The van der Waals surface area contributed by atoms with E-state index in [1.54, 1.807) is 54.9 Å². The minimum absolute atomic E-state index is 0.0610. The second-order valence-corrected chi connectivity index (χ2v) is 7.03. The van der Waals surface area contributed by atoms with Crippen molar-refractivity contribution in [2.75, 3.05) is 7.11 Å². The van der Waals surface area contributed by atoms with E-state index < -0.39 is 23.5 Å². The Morgan fingerprint density at radius 1 is 1.06 bits per heavy atom. The van der Waals surface area contributed by atoms with Crippen molar-refractivity contribution in [3.63, 3.8) is 0 Å². The van der Waals surface area contributed by atoms with E-state index in [4.69, 9.17) is 4.74 Å². The number of likely N-dealkylation sites (tertiary alicyclic amines) is 1. The number of benzene rings is 2. The summed E-state index contributed by atoms with van der Waals surface area (Å²) in [4.78, 5) is 31.1. The summed E-state index contributed by atoms with van der Waals surface area (Å²) >= 11 is 0. The molecule has 0 bridgehead atoms. The highest BCUT2D eigenvalue weighted by atomic mass is 19.1. The van der Waals surface area contributed by atoms with Crippen molar-refractivity contribution in [1.29, 1.82) is 0 Å². The fourth-order valence-corrected chi connectivity index (χ4v) is 3.65. The first-order chi connectivity index (χ1) is 15.0. The molecule has 1 aliphatic rings. The smallest absolute Gasteiger partial charge is 0.295 e. The lowest BCUT2D eigenvalue weighted by Gasteiger charge is -2.25. The minimum atomic E-state index is -1.07. The first kappa shape index (κ1) is 20.3. The van der Waals surface area contributed by atoms with Crippen LogP contribution in [0.15, 0.2) is 78.6 Å². The summed E-state index contributed by atoms with van der Waals surface area (Å²) in [5, 5.41) is 11.0. The maximum absolute atomic E-state index is 14.8. The van der Waals surface area contributed by atoms with Gasteiger partial charge in [-0.15, -0.1) is 0 Å². The van der Waals surface area contributed by atoms with E-state index in [2.05, 4.69) is 4.98 Å². The fraction of sp³-hybridized carbons (Fsp3) is 0.125. The zero-order valence-corrected chi connectivity index (χ0v) is 16.7. The van der Waals surface area contributed by atoms with E-state index in [-0.39, 0.29) is 23.4 Å². The van der Waals surface area contributed by atoms with Gasteiger partial charge in [0.15, 0.2) is 0 Å². The molecule has 156 valence electrons. The number of methoxy groups -OCH3 is 1. The molecule has 0 spiro atoms. The number of nitrogens with zero attached hydrogens (tertiary/aromatic N) is 2. The van der Waals surface area contributed by atoms with Gasteiger partial charge < -0.3 is 14.7 Å². The van der Waals surface area contributed by atoms with Crippen LogP contribution in [0.5, 0.6) is 5.75 Å². The van der Waals surface area contributed by atoms with Gasteiger partial charge >= 0.3 is 0 Å². The molecular formula is C24H19FN2O4. The van der Waals surface area contributed by atoms with Crippen LogP contribution in [0.4, 0.5) is 4.39 Å². The molecule has 1 N–H and O–H groups in total. The van der Waals surface area contributed by atoms with Gasteiger partial charge in [0.1, 0.15) is 17.3 Å². The predicted octanol–water partition coefficient (Wildman–Crippen LogP) is 3.85. The van der Waals surface area contributed by atoms with Crippen molar-refractivity contribution in [2.45, 2.75) is 12.6 Å². The molecule has 0 saturated carbocycles. The number of aliphatic hydroxyl groups excluding tert-OH is 1. The lowest BCUT2D eigenvalue weighted by molar-refractivity contribution is -0.140. The van der Waals surface area contributed by atoms with E-state index in [1.165, 1.54) is 30.2 Å². The normalized spacial score (nSPS) is 17.7. The van der Waals surface area contributed by atoms with Crippen LogP contribution in [0.1, 0.15) is 22.7 Å². The van der Waals surface area contributed by atoms with Gasteiger partial charge in [0, 0.05) is 30.1 Å². The molecule has 1 atom stereocenters. The number of carbonyl (C=O) groups is 2.